The molecule has 1 aromatic heterocycles. The SMILES string of the molecule is CCN(Cc1cc(=O)[nH]c2ccccc12)C(=O)Nc1ccccc1C(F)(F)F. The number of amides is 2. The van der Waals surface area contributed by atoms with Gasteiger partial charge >= 0.3 is 12.2 Å². The first-order valence-electron chi connectivity index (χ1n) is 8.62. The molecule has 146 valence electrons. The number of rotatable bonds is 4. The van der Waals surface area contributed by atoms with Crippen LogP contribution in [0.1, 0.15) is 18.1 Å². The van der Waals surface area contributed by atoms with Gasteiger partial charge < -0.3 is 15.2 Å². The van der Waals surface area contributed by atoms with Crippen LogP contribution in [0.4, 0.5) is 23.7 Å². The average molecular weight is 389 g/mol. The Kier molecular flexibility index (Phi) is 5.39. The Balaban J connectivity index is 1.88. The van der Waals surface area contributed by atoms with E-state index in [1.54, 1.807) is 25.1 Å². The maximum Gasteiger partial charge on any atom is 0.418 e. The predicted octanol–water partition coefficient (Wildman–Crippen LogP) is 4.60. The van der Waals surface area contributed by atoms with Crippen molar-refractivity contribution in [2.75, 3.05) is 11.9 Å². The lowest BCUT2D eigenvalue weighted by atomic mass is 10.1. The van der Waals surface area contributed by atoms with Gasteiger partial charge in [-0.05, 0) is 30.7 Å². The fourth-order valence-electron chi connectivity index (χ4n) is 2.97. The molecule has 2 aromatic carbocycles. The molecule has 3 aromatic rings. The third kappa shape index (κ3) is 4.16. The Morgan fingerprint density at radius 1 is 1.11 bits per heavy atom. The molecule has 1 heterocycles. The topological polar surface area (TPSA) is 65.2 Å². The number of H-pyrrole nitrogens is 1. The Hall–Kier alpha value is -3.29. The van der Waals surface area contributed by atoms with Gasteiger partial charge in [-0.1, -0.05) is 30.3 Å². The first-order valence-corrected chi connectivity index (χ1v) is 8.62. The van der Waals surface area contributed by atoms with E-state index in [-0.39, 0.29) is 24.3 Å². The molecule has 0 aliphatic carbocycles. The van der Waals surface area contributed by atoms with E-state index in [0.717, 1.165) is 11.5 Å². The molecule has 0 aliphatic rings. The molecular formula is C20H18F3N3O2. The molecule has 8 heteroatoms. The highest BCUT2D eigenvalue weighted by atomic mass is 19.4. The number of alkyl halides is 3. The van der Waals surface area contributed by atoms with Gasteiger partial charge in [0.05, 0.1) is 11.3 Å². The van der Waals surface area contributed by atoms with Crippen LogP contribution in [0.2, 0.25) is 0 Å². The minimum atomic E-state index is -4.58. The van der Waals surface area contributed by atoms with E-state index < -0.39 is 17.8 Å². The predicted molar refractivity (Wildman–Crippen MR) is 101 cm³/mol. The molecule has 0 radical (unpaired) electrons. The van der Waals surface area contributed by atoms with Crippen molar-refractivity contribution < 1.29 is 18.0 Å². The van der Waals surface area contributed by atoms with Gasteiger partial charge in [0.15, 0.2) is 0 Å². The van der Waals surface area contributed by atoms with Crippen LogP contribution in [-0.4, -0.2) is 22.5 Å². The molecule has 0 atom stereocenters. The largest absolute Gasteiger partial charge is 0.418 e. The zero-order valence-corrected chi connectivity index (χ0v) is 15.0. The van der Waals surface area contributed by atoms with Crippen molar-refractivity contribution >= 4 is 22.6 Å². The van der Waals surface area contributed by atoms with Gasteiger partial charge in [-0.25, -0.2) is 4.79 Å². The number of pyridine rings is 1. The van der Waals surface area contributed by atoms with E-state index in [4.69, 9.17) is 0 Å². The maximum atomic E-state index is 13.1. The third-order valence-corrected chi connectivity index (χ3v) is 4.34. The number of benzene rings is 2. The number of halogens is 3. The van der Waals surface area contributed by atoms with Gasteiger partial charge in [0.25, 0.3) is 0 Å². The molecular weight excluding hydrogens is 371 g/mol. The highest BCUT2D eigenvalue weighted by molar-refractivity contribution is 5.91. The van der Waals surface area contributed by atoms with Crippen molar-refractivity contribution in [1.29, 1.82) is 0 Å². The molecule has 28 heavy (non-hydrogen) atoms. The molecule has 0 unspecified atom stereocenters. The van der Waals surface area contributed by atoms with E-state index in [1.807, 2.05) is 6.07 Å². The molecule has 0 saturated carbocycles. The van der Waals surface area contributed by atoms with E-state index in [0.29, 0.717) is 11.1 Å². The number of nitrogens with zero attached hydrogens (tertiary/aromatic N) is 1. The number of hydrogen-bond donors (Lipinski definition) is 2. The molecule has 0 bridgehead atoms. The molecule has 0 spiro atoms. The van der Waals surface area contributed by atoms with Gasteiger partial charge in [-0.2, -0.15) is 13.2 Å². The monoisotopic (exact) mass is 389 g/mol. The Morgan fingerprint density at radius 2 is 1.79 bits per heavy atom. The number of aromatic nitrogens is 1. The Labute approximate surface area is 158 Å². The second-order valence-electron chi connectivity index (χ2n) is 6.19. The molecule has 0 fully saturated rings. The number of urea groups is 1. The van der Waals surface area contributed by atoms with Crippen LogP contribution in [0.3, 0.4) is 0 Å². The Bertz CT molecular complexity index is 1060. The van der Waals surface area contributed by atoms with Crippen molar-refractivity contribution in [3.8, 4) is 0 Å². The summed E-state index contributed by atoms with van der Waals surface area (Å²) in [6.07, 6.45) is -4.58. The number of fused-ring (bicyclic) bond motifs is 1. The van der Waals surface area contributed by atoms with E-state index in [9.17, 15) is 22.8 Å². The summed E-state index contributed by atoms with van der Waals surface area (Å²) in [6, 6.07) is 12.7. The van der Waals surface area contributed by atoms with Gasteiger partial charge in [0.1, 0.15) is 0 Å². The number of nitrogens with one attached hydrogen (secondary N) is 2. The highest BCUT2D eigenvalue weighted by Gasteiger charge is 2.33. The lowest BCUT2D eigenvalue weighted by molar-refractivity contribution is -0.136. The molecule has 0 saturated heterocycles. The summed E-state index contributed by atoms with van der Waals surface area (Å²) >= 11 is 0. The summed E-state index contributed by atoms with van der Waals surface area (Å²) in [5, 5.41) is 3.10. The summed E-state index contributed by atoms with van der Waals surface area (Å²) in [7, 11) is 0. The molecule has 3 rings (SSSR count). The standard InChI is InChI=1S/C20H18F3N3O2/c1-2-26(12-13-11-18(27)24-16-9-5-3-7-14(13)16)19(28)25-17-10-6-4-8-15(17)20(21,22)23/h3-11H,2,12H2,1H3,(H,24,27)(H,25,28). The first kappa shape index (κ1) is 19.5. The molecule has 2 amide bonds. The average Bonchev–Trinajstić information content (AvgIpc) is 2.65. The minimum absolute atomic E-state index is 0.0843. The first-order chi connectivity index (χ1) is 13.3. The van der Waals surface area contributed by atoms with Crippen LogP contribution < -0.4 is 10.9 Å². The number of anilines is 1. The number of carbonyl (C=O) groups is 1. The van der Waals surface area contributed by atoms with Crippen LogP contribution in [0.25, 0.3) is 10.9 Å². The molecule has 5 nitrogen and oxygen atoms in total. The van der Waals surface area contributed by atoms with Crippen molar-refractivity contribution in [3.63, 3.8) is 0 Å². The van der Waals surface area contributed by atoms with Crippen LogP contribution >= 0.6 is 0 Å². The fraction of sp³-hybridized carbons (Fsp3) is 0.200. The Morgan fingerprint density at radius 3 is 2.50 bits per heavy atom. The fourth-order valence-corrected chi connectivity index (χ4v) is 2.97. The van der Waals surface area contributed by atoms with Crippen molar-refractivity contribution in [2.24, 2.45) is 0 Å². The van der Waals surface area contributed by atoms with E-state index in [2.05, 4.69) is 10.3 Å². The third-order valence-electron chi connectivity index (χ3n) is 4.34. The normalized spacial score (nSPS) is 11.4. The number of carbonyl (C=O) groups excluding carboxylic acids is 1. The number of para-hydroxylation sites is 2. The molecule has 2 N–H and O–H groups in total. The van der Waals surface area contributed by atoms with Crippen molar-refractivity contribution in [2.45, 2.75) is 19.6 Å². The zero-order valence-electron chi connectivity index (χ0n) is 15.0. The van der Waals surface area contributed by atoms with Gasteiger partial charge in [-0.15, -0.1) is 0 Å². The second-order valence-corrected chi connectivity index (χ2v) is 6.19. The summed E-state index contributed by atoms with van der Waals surface area (Å²) in [4.78, 5) is 28.6. The summed E-state index contributed by atoms with van der Waals surface area (Å²) in [5.74, 6) is 0. The summed E-state index contributed by atoms with van der Waals surface area (Å²) < 4.78 is 39.4. The lowest BCUT2D eigenvalue weighted by Gasteiger charge is -2.23. The van der Waals surface area contributed by atoms with Crippen molar-refractivity contribution in [3.05, 3.63) is 76.1 Å². The van der Waals surface area contributed by atoms with Crippen LogP contribution in [0, 0.1) is 0 Å². The number of aromatic amines is 1. The van der Waals surface area contributed by atoms with E-state index in [1.165, 1.54) is 29.2 Å². The van der Waals surface area contributed by atoms with Crippen LogP contribution in [0.15, 0.2) is 59.4 Å². The summed E-state index contributed by atoms with van der Waals surface area (Å²) in [5.41, 5.74) is -0.299. The van der Waals surface area contributed by atoms with Gasteiger partial charge in [-0.3, -0.25) is 4.79 Å². The zero-order chi connectivity index (χ0) is 20.3. The quantitative estimate of drug-likeness (QED) is 0.685. The number of hydrogen-bond acceptors (Lipinski definition) is 2. The van der Waals surface area contributed by atoms with Gasteiger partial charge in [0, 0.05) is 30.1 Å². The van der Waals surface area contributed by atoms with Gasteiger partial charge in [0.2, 0.25) is 5.56 Å². The highest BCUT2D eigenvalue weighted by Crippen LogP contribution is 2.34. The van der Waals surface area contributed by atoms with E-state index >= 15 is 0 Å². The second kappa shape index (κ2) is 7.75. The molecule has 0 aliphatic heterocycles. The van der Waals surface area contributed by atoms with Crippen LogP contribution in [0.5, 0.6) is 0 Å². The minimum Gasteiger partial charge on any atom is -0.322 e. The summed E-state index contributed by atoms with van der Waals surface area (Å²) in [6.45, 7) is 2.05. The smallest absolute Gasteiger partial charge is 0.322 e. The van der Waals surface area contributed by atoms with Crippen LogP contribution in [-0.2, 0) is 12.7 Å². The lowest BCUT2D eigenvalue weighted by Crippen LogP contribution is -2.35. The maximum absolute atomic E-state index is 13.1. The van der Waals surface area contributed by atoms with Crippen molar-refractivity contribution in [1.82, 2.24) is 9.88 Å².